The molecule has 20 heavy (non-hydrogen) atoms. The van der Waals surface area contributed by atoms with E-state index in [9.17, 15) is 0 Å². The summed E-state index contributed by atoms with van der Waals surface area (Å²) in [5.74, 6) is 3.00. The molecule has 0 radical (unpaired) electrons. The van der Waals surface area contributed by atoms with Crippen molar-refractivity contribution in [1.82, 2.24) is 0 Å². The van der Waals surface area contributed by atoms with Crippen LogP contribution in [0.3, 0.4) is 0 Å². The predicted octanol–water partition coefficient (Wildman–Crippen LogP) is 6.83. The molecule has 0 aromatic heterocycles. The van der Waals surface area contributed by atoms with Crippen LogP contribution in [0.1, 0.15) is 91.9 Å². The molecule has 0 saturated heterocycles. The van der Waals surface area contributed by atoms with Gasteiger partial charge in [-0.3, -0.25) is 0 Å². The summed E-state index contributed by atoms with van der Waals surface area (Å²) in [6.07, 6.45) is 16.7. The van der Waals surface area contributed by atoms with Crippen LogP contribution in [0.2, 0.25) is 18.0 Å². The van der Waals surface area contributed by atoms with E-state index in [-0.39, 0.29) is 0 Å². The van der Waals surface area contributed by atoms with Gasteiger partial charge in [-0.15, -0.1) is 0 Å². The minimum Gasteiger partial charge on any atom is -0.0706 e. The molecule has 2 aliphatic carbocycles. The quantitative estimate of drug-likeness (QED) is 0.493. The molecule has 0 spiro atoms. The maximum Gasteiger partial charge on any atom is 0.146 e. The second kappa shape index (κ2) is 7.36. The Balaban J connectivity index is 2.02. The predicted molar refractivity (Wildman–Crippen MR) is 92.9 cm³/mol. The van der Waals surface area contributed by atoms with Gasteiger partial charge < -0.3 is 0 Å². The van der Waals surface area contributed by atoms with Gasteiger partial charge in [-0.2, -0.15) is 0 Å². The van der Waals surface area contributed by atoms with Crippen LogP contribution in [-0.4, -0.2) is 6.71 Å². The van der Waals surface area contributed by atoms with Gasteiger partial charge in [0.2, 0.25) is 0 Å². The smallest absolute Gasteiger partial charge is 0.0706 e. The third-order valence-electron chi connectivity index (χ3n) is 6.61. The molecule has 0 aliphatic heterocycles. The average Bonchev–Trinajstić information content (AvgIpc) is 2.45. The van der Waals surface area contributed by atoms with Crippen LogP contribution >= 0.6 is 0 Å². The second-order valence-electron chi connectivity index (χ2n) is 8.96. The normalized spacial score (nSPS) is 24.6. The molecular formula is C19H37B. The van der Waals surface area contributed by atoms with E-state index >= 15 is 0 Å². The lowest BCUT2D eigenvalue weighted by Gasteiger charge is -2.39. The zero-order valence-electron chi connectivity index (χ0n) is 14.6. The lowest BCUT2D eigenvalue weighted by atomic mass is 9.27. The third-order valence-corrected chi connectivity index (χ3v) is 6.61. The van der Waals surface area contributed by atoms with E-state index in [0.29, 0.717) is 5.41 Å². The molecule has 0 bridgehead atoms. The zero-order valence-corrected chi connectivity index (χ0v) is 14.6. The molecule has 0 nitrogen and oxygen atoms in total. The highest BCUT2D eigenvalue weighted by Crippen LogP contribution is 2.45. The molecule has 0 heterocycles. The third kappa shape index (κ3) is 4.53. The van der Waals surface area contributed by atoms with Crippen LogP contribution in [0, 0.1) is 11.3 Å². The first kappa shape index (κ1) is 16.4. The van der Waals surface area contributed by atoms with Crippen molar-refractivity contribution < 1.29 is 0 Å². The van der Waals surface area contributed by atoms with Gasteiger partial charge in [0, 0.05) is 0 Å². The van der Waals surface area contributed by atoms with Gasteiger partial charge in [-0.05, 0) is 11.3 Å². The van der Waals surface area contributed by atoms with Gasteiger partial charge in [0.25, 0.3) is 0 Å². The van der Waals surface area contributed by atoms with Crippen LogP contribution in [0.15, 0.2) is 0 Å². The van der Waals surface area contributed by atoms with Crippen molar-refractivity contribution in [2.75, 3.05) is 0 Å². The van der Waals surface area contributed by atoms with E-state index in [4.69, 9.17) is 0 Å². The Morgan fingerprint density at radius 2 is 1.20 bits per heavy atom. The van der Waals surface area contributed by atoms with Crippen molar-refractivity contribution in [1.29, 1.82) is 0 Å². The summed E-state index contributed by atoms with van der Waals surface area (Å²) in [4.78, 5) is 0. The number of hydrogen-bond acceptors (Lipinski definition) is 0. The second-order valence-corrected chi connectivity index (χ2v) is 8.96. The van der Waals surface area contributed by atoms with Gasteiger partial charge in [0.1, 0.15) is 6.71 Å². The van der Waals surface area contributed by atoms with E-state index < -0.39 is 0 Å². The van der Waals surface area contributed by atoms with Crippen LogP contribution in [0.5, 0.6) is 0 Å². The van der Waals surface area contributed by atoms with E-state index in [1.54, 1.807) is 0 Å². The van der Waals surface area contributed by atoms with E-state index in [1.807, 2.05) is 0 Å². The van der Waals surface area contributed by atoms with Crippen LogP contribution < -0.4 is 0 Å². The molecule has 116 valence electrons. The Morgan fingerprint density at radius 3 is 1.55 bits per heavy atom. The summed E-state index contributed by atoms with van der Waals surface area (Å²) in [6, 6.07) is 0. The molecule has 1 heteroatoms. The fraction of sp³-hybridized carbons (Fsp3) is 1.00. The molecule has 2 rings (SSSR count). The minimum absolute atomic E-state index is 0.488. The molecule has 0 aromatic carbocycles. The van der Waals surface area contributed by atoms with Gasteiger partial charge in [0.15, 0.2) is 0 Å². The van der Waals surface area contributed by atoms with E-state index in [1.165, 1.54) is 70.5 Å². The van der Waals surface area contributed by atoms with Gasteiger partial charge in [0.05, 0.1) is 0 Å². The zero-order chi connectivity index (χ0) is 14.6. The summed E-state index contributed by atoms with van der Waals surface area (Å²) in [6.45, 7) is 10.9. The lowest BCUT2D eigenvalue weighted by molar-refractivity contribution is 0.279. The Hall–Kier alpha value is 0.0649. The molecule has 1 atom stereocenters. The van der Waals surface area contributed by atoms with Crippen molar-refractivity contribution in [2.24, 2.45) is 11.3 Å². The molecule has 2 fully saturated rings. The fourth-order valence-corrected chi connectivity index (χ4v) is 4.66. The first-order valence-electron chi connectivity index (χ1n) is 9.48. The minimum atomic E-state index is 0.488. The number of rotatable bonds is 4. The Bertz CT molecular complexity index is 248. The molecule has 0 aromatic rings. The first-order valence-corrected chi connectivity index (χ1v) is 9.48. The van der Waals surface area contributed by atoms with Crippen molar-refractivity contribution in [3.63, 3.8) is 0 Å². The van der Waals surface area contributed by atoms with E-state index in [0.717, 1.165) is 24.3 Å². The van der Waals surface area contributed by atoms with Crippen LogP contribution in [-0.2, 0) is 0 Å². The number of hydrogen-bond donors (Lipinski definition) is 0. The summed E-state index contributed by atoms with van der Waals surface area (Å²) in [5, 5.41) is 0. The van der Waals surface area contributed by atoms with Gasteiger partial charge in [-0.25, -0.2) is 0 Å². The molecule has 2 saturated carbocycles. The first-order chi connectivity index (χ1) is 9.48. The summed E-state index contributed by atoms with van der Waals surface area (Å²) in [5.41, 5.74) is 0.488. The van der Waals surface area contributed by atoms with Gasteiger partial charge >= 0.3 is 0 Å². The van der Waals surface area contributed by atoms with Crippen LogP contribution in [0.4, 0.5) is 0 Å². The SMILES string of the molecule is CC(CB(C1CCCCC1)C1CCCCC1)C(C)(C)C. The largest absolute Gasteiger partial charge is 0.146 e. The highest BCUT2D eigenvalue weighted by atomic mass is 14.3. The Labute approximate surface area is 128 Å². The maximum absolute atomic E-state index is 2.51. The van der Waals surface area contributed by atoms with Crippen molar-refractivity contribution in [2.45, 2.75) is 110 Å². The molecule has 0 amide bonds. The fourth-order valence-electron chi connectivity index (χ4n) is 4.66. The maximum atomic E-state index is 2.51. The van der Waals surface area contributed by atoms with Crippen molar-refractivity contribution >= 4 is 6.71 Å². The average molecular weight is 276 g/mol. The molecular weight excluding hydrogens is 239 g/mol. The molecule has 0 N–H and O–H groups in total. The summed E-state index contributed by atoms with van der Waals surface area (Å²) < 4.78 is 0. The van der Waals surface area contributed by atoms with Crippen molar-refractivity contribution in [3.05, 3.63) is 0 Å². The lowest BCUT2D eigenvalue weighted by Crippen LogP contribution is -2.34. The Morgan fingerprint density at radius 1 is 0.800 bits per heavy atom. The van der Waals surface area contributed by atoms with E-state index in [2.05, 4.69) is 27.7 Å². The molecule has 2 aliphatic rings. The van der Waals surface area contributed by atoms with Crippen molar-refractivity contribution in [3.8, 4) is 0 Å². The summed E-state index contributed by atoms with van der Waals surface area (Å²) in [7, 11) is 0. The monoisotopic (exact) mass is 276 g/mol. The highest BCUT2D eigenvalue weighted by molar-refractivity contribution is 6.62. The van der Waals surface area contributed by atoms with Crippen LogP contribution in [0.25, 0.3) is 0 Å². The highest BCUT2D eigenvalue weighted by Gasteiger charge is 2.37. The topological polar surface area (TPSA) is 0 Å². The summed E-state index contributed by atoms with van der Waals surface area (Å²) >= 11 is 0. The standard InChI is InChI=1S/C19H37B/c1-16(19(2,3)4)15-20(17-11-7-5-8-12-17)18-13-9-6-10-14-18/h16-18H,5-15H2,1-4H3. The molecule has 1 unspecified atom stereocenters. The van der Waals surface area contributed by atoms with Gasteiger partial charge in [-0.1, -0.05) is 110 Å². The Kier molecular flexibility index (Phi) is 6.05.